The predicted octanol–water partition coefficient (Wildman–Crippen LogP) is 4.49. The van der Waals surface area contributed by atoms with Gasteiger partial charge in [0.25, 0.3) is 5.91 Å². The Hall–Kier alpha value is -2.08. The molecule has 1 aliphatic heterocycles. The number of hydrogen-bond acceptors (Lipinski definition) is 4. The molecule has 30 heavy (non-hydrogen) atoms. The topological polar surface area (TPSA) is 42.0 Å². The number of morpholine rings is 1. The maximum Gasteiger partial charge on any atom is 0.253 e. The van der Waals surface area contributed by atoms with Gasteiger partial charge in [-0.05, 0) is 62.2 Å². The minimum absolute atomic E-state index is 0.0293. The van der Waals surface area contributed by atoms with Crippen LogP contribution in [-0.2, 0) is 11.3 Å². The van der Waals surface area contributed by atoms with Crippen molar-refractivity contribution in [3.8, 4) is 5.75 Å². The second-order valence-corrected chi connectivity index (χ2v) is 8.47. The monoisotopic (exact) mass is 430 g/mol. The van der Waals surface area contributed by atoms with E-state index < -0.39 is 0 Å². The average molecular weight is 431 g/mol. The first-order valence-corrected chi connectivity index (χ1v) is 10.9. The minimum Gasteiger partial charge on any atom is -0.494 e. The zero-order chi connectivity index (χ0) is 21.5. The first kappa shape index (κ1) is 22.6. The molecule has 5 nitrogen and oxygen atoms in total. The van der Waals surface area contributed by atoms with E-state index in [-0.39, 0.29) is 18.1 Å². The van der Waals surface area contributed by atoms with E-state index in [2.05, 4.69) is 30.9 Å². The lowest BCUT2D eigenvalue weighted by molar-refractivity contribution is -0.0704. The molecular weight excluding hydrogens is 400 g/mol. The third-order valence-electron chi connectivity index (χ3n) is 5.17. The zero-order valence-corrected chi connectivity index (χ0v) is 18.8. The van der Waals surface area contributed by atoms with Gasteiger partial charge in [0.1, 0.15) is 5.75 Å². The van der Waals surface area contributed by atoms with Crippen molar-refractivity contribution in [2.24, 2.45) is 0 Å². The van der Waals surface area contributed by atoms with Gasteiger partial charge in [-0.3, -0.25) is 9.69 Å². The molecule has 3 rings (SSSR count). The van der Waals surface area contributed by atoms with Gasteiger partial charge in [0, 0.05) is 43.8 Å². The first-order chi connectivity index (χ1) is 14.4. The fraction of sp³-hybridized carbons (Fsp3) is 0.458. The van der Waals surface area contributed by atoms with E-state index >= 15 is 0 Å². The third-order valence-corrected chi connectivity index (χ3v) is 5.42. The van der Waals surface area contributed by atoms with Crippen LogP contribution < -0.4 is 4.74 Å². The number of amides is 1. The number of rotatable bonds is 8. The zero-order valence-electron chi connectivity index (χ0n) is 18.0. The van der Waals surface area contributed by atoms with Crippen molar-refractivity contribution >= 4 is 17.5 Å². The van der Waals surface area contributed by atoms with Gasteiger partial charge in [-0.25, -0.2) is 0 Å². The van der Waals surface area contributed by atoms with Gasteiger partial charge in [-0.1, -0.05) is 23.7 Å². The molecule has 2 aromatic rings. The summed E-state index contributed by atoms with van der Waals surface area (Å²) in [5.74, 6) is 0.815. The van der Waals surface area contributed by atoms with Crippen molar-refractivity contribution in [1.29, 1.82) is 0 Å². The second-order valence-electron chi connectivity index (χ2n) is 8.03. The minimum atomic E-state index is 0.0293. The summed E-state index contributed by atoms with van der Waals surface area (Å²) in [7, 11) is 1.83. The normalized spacial score (nSPS) is 19.5. The highest BCUT2D eigenvalue weighted by Gasteiger charge is 2.22. The van der Waals surface area contributed by atoms with E-state index in [1.807, 2.05) is 31.3 Å². The number of halogens is 1. The molecule has 0 spiro atoms. The molecule has 0 saturated carbocycles. The predicted molar refractivity (Wildman–Crippen MR) is 120 cm³/mol. The molecule has 1 fully saturated rings. The van der Waals surface area contributed by atoms with Crippen LogP contribution in [0.4, 0.5) is 0 Å². The fourth-order valence-electron chi connectivity index (χ4n) is 3.77. The summed E-state index contributed by atoms with van der Waals surface area (Å²) in [5.41, 5.74) is 1.93. The van der Waals surface area contributed by atoms with Crippen molar-refractivity contribution < 1.29 is 14.3 Å². The van der Waals surface area contributed by atoms with Gasteiger partial charge in [0.2, 0.25) is 0 Å². The van der Waals surface area contributed by atoms with Gasteiger partial charge in [0.05, 0.1) is 18.8 Å². The number of nitrogens with zero attached hydrogens (tertiary/aromatic N) is 2. The molecule has 6 heteroatoms. The van der Waals surface area contributed by atoms with Crippen molar-refractivity contribution in [3.63, 3.8) is 0 Å². The molecule has 1 amide bonds. The van der Waals surface area contributed by atoms with Gasteiger partial charge >= 0.3 is 0 Å². The molecule has 2 aromatic carbocycles. The van der Waals surface area contributed by atoms with Crippen LogP contribution in [0.1, 0.15) is 36.2 Å². The molecule has 0 bridgehead atoms. The van der Waals surface area contributed by atoms with E-state index in [9.17, 15) is 4.79 Å². The Morgan fingerprint density at radius 3 is 2.37 bits per heavy atom. The van der Waals surface area contributed by atoms with Gasteiger partial charge in [-0.15, -0.1) is 0 Å². The lowest BCUT2D eigenvalue weighted by Gasteiger charge is -2.35. The third kappa shape index (κ3) is 6.73. The van der Waals surface area contributed by atoms with Gasteiger partial charge < -0.3 is 14.4 Å². The fourth-order valence-corrected chi connectivity index (χ4v) is 3.89. The van der Waals surface area contributed by atoms with E-state index in [1.54, 1.807) is 17.0 Å². The number of hydrogen-bond donors (Lipinski definition) is 0. The maximum absolute atomic E-state index is 12.7. The molecule has 1 saturated heterocycles. The maximum atomic E-state index is 12.7. The molecule has 2 unspecified atom stereocenters. The standard InChI is InChI=1S/C24H31ClN2O3/c1-18-15-27(16-19(2)30-18)17-20-5-7-21(8-6-20)24(28)26(3)13-4-14-29-23-11-9-22(25)10-12-23/h5-12,18-19H,4,13-17H2,1-3H3. The Morgan fingerprint density at radius 2 is 1.73 bits per heavy atom. The summed E-state index contributed by atoms with van der Waals surface area (Å²) in [5, 5.41) is 0.688. The summed E-state index contributed by atoms with van der Waals surface area (Å²) >= 11 is 5.87. The lowest BCUT2D eigenvalue weighted by atomic mass is 10.1. The molecule has 2 atom stereocenters. The van der Waals surface area contributed by atoms with Crippen LogP contribution in [0.3, 0.4) is 0 Å². The summed E-state index contributed by atoms with van der Waals surface area (Å²) < 4.78 is 11.5. The number of carbonyl (C=O) groups is 1. The summed E-state index contributed by atoms with van der Waals surface area (Å²) in [6.07, 6.45) is 1.27. The van der Waals surface area contributed by atoms with E-state index in [0.29, 0.717) is 23.7 Å². The highest BCUT2D eigenvalue weighted by atomic mass is 35.5. The molecule has 0 N–H and O–H groups in total. The Balaban J connectivity index is 1.43. The average Bonchev–Trinajstić information content (AvgIpc) is 2.71. The van der Waals surface area contributed by atoms with E-state index in [0.717, 1.165) is 31.8 Å². The van der Waals surface area contributed by atoms with Crippen LogP contribution in [0.15, 0.2) is 48.5 Å². The Morgan fingerprint density at radius 1 is 1.10 bits per heavy atom. The number of carbonyl (C=O) groups excluding carboxylic acids is 1. The first-order valence-electron chi connectivity index (χ1n) is 10.5. The molecule has 0 aliphatic carbocycles. The molecule has 0 radical (unpaired) electrons. The second kappa shape index (κ2) is 10.8. The van der Waals surface area contributed by atoms with Gasteiger partial charge in [0.15, 0.2) is 0 Å². The largest absolute Gasteiger partial charge is 0.494 e. The van der Waals surface area contributed by atoms with Crippen LogP contribution in [0, 0.1) is 0 Å². The van der Waals surface area contributed by atoms with Crippen LogP contribution >= 0.6 is 11.6 Å². The van der Waals surface area contributed by atoms with Crippen LogP contribution in [0.5, 0.6) is 5.75 Å². The number of ether oxygens (including phenoxy) is 2. The quantitative estimate of drug-likeness (QED) is 0.578. The van der Waals surface area contributed by atoms with Gasteiger partial charge in [-0.2, -0.15) is 0 Å². The van der Waals surface area contributed by atoms with Crippen molar-refractivity contribution in [2.45, 2.75) is 39.0 Å². The van der Waals surface area contributed by atoms with Crippen LogP contribution in [0.2, 0.25) is 5.02 Å². The highest BCUT2D eigenvalue weighted by molar-refractivity contribution is 6.30. The van der Waals surface area contributed by atoms with Crippen LogP contribution in [0.25, 0.3) is 0 Å². The van der Waals surface area contributed by atoms with E-state index in [4.69, 9.17) is 21.1 Å². The summed E-state index contributed by atoms with van der Waals surface area (Å²) in [6.45, 7) is 8.16. The molecule has 1 aliphatic rings. The SMILES string of the molecule is CC1CN(Cc2ccc(C(=O)N(C)CCCOc3ccc(Cl)cc3)cc2)CC(C)O1. The molecule has 1 heterocycles. The van der Waals surface area contributed by atoms with Crippen molar-refractivity contribution in [2.75, 3.05) is 33.3 Å². The summed E-state index contributed by atoms with van der Waals surface area (Å²) in [4.78, 5) is 16.8. The Kier molecular flexibility index (Phi) is 8.14. The van der Waals surface area contributed by atoms with Crippen LogP contribution in [-0.4, -0.2) is 61.2 Å². The Bertz CT molecular complexity index is 800. The number of benzene rings is 2. The molecular formula is C24H31ClN2O3. The highest BCUT2D eigenvalue weighted by Crippen LogP contribution is 2.17. The summed E-state index contributed by atoms with van der Waals surface area (Å²) in [6, 6.07) is 15.2. The van der Waals surface area contributed by atoms with E-state index in [1.165, 1.54) is 5.56 Å². The van der Waals surface area contributed by atoms with Crippen molar-refractivity contribution in [3.05, 3.63) is 64.7 Å². The smallest absolute Gasteiger partial charge is 0.253 e. The molecule has 162 valence electrons. The lowest BCUT2D eigenvalue weighted by Crippen LogP contribution is -2.44. The molecule has 0 aromatic heterocycles. The van der Waals surface area contributed by atoms with Crippen molar-refractivity contribution in [1.82, 2.24) is 9.80 Å². The Labute approximate surface area is 184 Å².